The normalized spacial score (nSPS) is 14.2. The number of carbonyl (C=O) groups excluding carboxylic acids is 1. The van der Waals surface area contributed by atoms with Crippen molar-refractivity contribution >= 4 is 17.2 Å². The SMILES string of the molecule is Cc1cccc2c1C(=O)C(c1ccc(OC(F)(F)F)cc1)=[N+]2[O-]. The van der Waals surface area contributed by atoms with Gasteiger partial charge in [-0.1, -0.05) is 12.1 Å². The van der Waals surface area contributed by atoms with Crippen LogP contribution in [0.1, 0.15) is 21.5 Å². The number of hydrogen-bond donors (Lipinski definition) is 0. The van der Waals surface area contributed by atoms with Crippen LogP contribution in [0.25, 0.3) is 0 Å². The second kappa shape index (κ2) is 5.12. The van der Waals surface area contributed by atoms with Crippen LogP contribution in [-0.4, -0.2) is 22.6 Å². The predicted molar refractivity (Wildman–Crippen MR) is 76.0 cm³/mol. The lowest BCUT2D eigenvalue weighted by atomic mass is 9.99. The number of ketones is 1. The molecule has 0 aromatic heterocycles. The molecule has 1 aliphatic rings. The van der Waals surface area contributed by atoms with Gasteiger partial charge in [0.05, 0.1) is 5.56 Å². The van der Waals surface area contributed by atoms with Crippen molar-refractivity contribution < 1.29 is 27.4 Å². The number of halogens is 3. The Bertz CT molecular complexity index is 823. The molecule has 1 aliphatic heterocycles. The number of Topliss-reactive ketones (excluding diaryl/α,β-unsaturated/α-hetero) is 1. The summed E-state index contributed by atoms with van der Waals surface area (Å²) in [6.45, 7) is 1.72. The summed E-state index contributed by atoms with van der Waals surface area (Å²) < 4.78 is 40.7. The molecule has 0 bridgehead atoms. The van der Waals surface area contributed by atoms with E-state index in [9.17, 15) is 23.2 Å². The van der Waals surface area contributed by atoms with Gasteiger partial charge in [0.2, 0.25) is 5.69 Å². The number of benzene rings is 2. The smallest absolute Gasteiger partial charge is 0.573 e. The number of fused-ring (bicyclic) bond motifs is 1. The Morgan fingerprint density at radius 2 is 1.74 bits per heavy atom. The molecule has 0 aliphatic carbocycles. The van der Waals surface area contributed by atoms with Crippen molar-refractivity contribution in [2.24, 2.45) is 0 Å². The van der Waals surface area contributed by atoms with Crippen LogP contribution in [0.4, 0.5) is 18.9 Å². The van der Waals surface area contributed by atoms with Crippen molar-refractivity contribution in [2.45, 2.75) is 13.3 Å². The molecule has 0 N–H and O–H groups in total. The van der Waals surface area contributed by atoms with E-state index in [1.807, 2.05) is 0 Å². The first kappa shape index (κ1) is 15.1. The maximum Gasteiger partial charge on any atom is 0.573 e. The standard InChI is InChI=1S/C16H10F3NO3/c1-9-3-2-4-12-13(9)15(21)14(20(12)22)10-5-7-11(8-6-10)23-16(17,18)19/h2-8H,1H3. The summed E-state index contributed by atoms with van der Waals surface area (Å²) in [6.07, 6.45) is -4.80. The summed E-state index contributed by atoms with van der Waals surface area (Å²) in [5.41, 5.74) is 1.33. The molecule has 0 radical (unpaired) electrons. The van der Waals surface area contributed by atoms with Crippen molar-refractivity contribution in [3.63, 3.8) is 0 Å². The molecule has 0 fully saturated rings. The van der Waals surface area contributed by atoms with Gasteiger partial charge >= 0.3 is 6.36 Å². The molecule has 1 heterocycles. The predicted octanol–water partition coefficient (Wildman–Crippen LogP) is 3.72. The Kier molecular flexibility index (Phi) is 3.35. The zero-order valence-electron chi connectivity index (χ0n) is 11.8. The molecule has 0 unspecified atom stereocenters. The highest BCUT2D eigenvalue weighted by Gasteiger charge is 2.38. The molecule has 2 aromatic rings. The minimum atomic E-state index is -4.80. The van der Waals surface area contributed by atoms with E-state index in [1.54, 1.807) is 19.1 Å². The van der Waals surface area contributed by atoms with E-state index in [4.69, 9.17) is 0 Å². The van der Waals surface area contributed by atoms with Gasteiger partial charge in [0.1, 0.15) is 11.3 Å². The van der Waals surface area contributed by atoms with Crippen LogP contribution in [0.2, 0.25) is 0 Å². The second-order valence-electron chi connectivity index (χ2n) is 5.01. The van der Waals surface area contributed by atoms with E-state index in [0.717, 1.165) is 12.1 Å². The van der Waals surface area contributed by atoms with Crippen molar-refractivity contribution in [3.05, 3.63) is 64.4 Å². The number of nitrogens with zero attached hydrogens (tertiary/aromatic N) is 1. The first-order chi connectivity index (χ1) is 10.8. The number of hydrogen-bond acceptors (Lipinski definition) is 3. The zero-order valence-corrected chi connectivity index (χ0v) is 11.8. The molecule has 0 saturated heterocycles. The Morgan fingerprint density at radius 1 is 1.09 bits per heavy atom. The molecule has 23 heavy (non-hydrogen) atoms. The van der Waals surface area contributed by atoms with E-state index in [1.165, 1.54) is 18.2 Å². The summed E-state index contributed by atoms with van der Waals surface area (Å²) in [6, 6.07) is 9.53. The van der Waals surface area contributed by atoms with E-state index < -0.39 is 17.9 Å². The van der Waals surface area contributed by atoms with Gasteiger partial charge in [-0.3, -0.25) is 4.79 Å². The fourth-order valence-corrected chi connectivity index (χ4v) is 2.51. The number of ether oxygens (including phenoxy) is 1. The molecule has 0 spiro atoms. The lowest BCUT2D eigenvalue weighted by molar-refractivity contribution is -0.355. The monoisotopic (exact) mass is 321 g/mol. The number of alkyl halides is 3. The van der Waals surface area contributed by atoms with Gasteiger partial charge in [-0.2, -0.15) is 4.74 Å². The minimum Gasteiger partial charge on any atom is -0.618 e. The van der Waals surface area contributed by atoms with Crippen molar-refractivity contribution in [1.82, 2.24) is 0 Å². The van der Waals surface area contributed by atoms with Crippen LogP contribution in [0.3, 0.4) is 0 Å². The third-order valence-electron chi connectivity index (χ3n) is 3.48. The Morgan fingerprint density at radius 3 is 2.30 bits per heavy atom. The summed E-state index contributed by atoms with van der Waals surface area (Å²) in [4.78, 5) is 12.5. The second-order valence-corrected chi connectivity index (χ2v) is 5.01. The number of aryl methyl sites for hydroxylation is 1. The Labute approximate surface area is 129 Å². The highest BCUT2D eigenvalue weighted by molar-refractivity contribution is 6.52. The van der Waals surface area contributed by atoms with Gasteiger partial charge in [0.15, 0.2) is 0 Å². The average molecular weight is 321 g/mol. The van der Waals surface area contributed by atoms with Crippen LogP contribution in [0.5, 0.6) is 5.75 Å². The molecule has 0 atom stereocenters. The topological polar surface area (TPSA) is 52.4 Å². The molecule has 2 aromatic carbocycles. The Balaban J connectivity index is 1.99. The summed E-state index contributed by atoms with van der Waals surface area (Å²) in [5, 5.41) is 12.3. The average Bonchev–Trinajstić information content (AvgIpc) is 2.72. The quantitative estimate of drug-likeness (QED) is 0.626. The summed E-state index contributed by atoms with van der Waals surface area (Å²) in [7, 11) is 0. The molecule has 118 valence electrons. The van der Waals surface area contributed by atoms with Crippen LogP contribution >= 0.6 is 0 Å². The molecular weight excluding hydrogens is 311 g/mol. The highest BCUT2D eigenvalue weighted by Crippen LogP contribution is 2.31. The lowest BCUT2D eigenvalue weighted by Gasteiger charge is -2.08. The van der Waals surface area contributed by atoms with Crippen molar-refractivity contribution in [1.29, 1.82) is 0 Å². The largest absolute Gasteiger partial charge is 0.618 e. The van der Waals surface area contributed by atoms with Crippen molar-refractivity contribution in [2.75, 3.05) is 0 Å². The van der Waals surface area contributed by atoms with E-state index in [0.29, 0.717) is 15.9 Å². The molecule has 0 saturated carbocycles. The summed E-state index contributed by atoms with van der Waals surface area (Å²) >= 11 is 0. The molecule has 0 amide bonds. The maximum atomic E-state index is 12.5. The van der Waals surface area contributed by atoms with Crippen LogP contribution in [0, 0.1) is 12.1 Å². The first-order valence-corrected chi connectivity index (χ1v) is 6.62. The van der Waals surface area contributed by atoms with Gasteiger partial charge in [-0.25, -0.2) is 0 Å². The molecule has 4 nitrogen and oxygen atoms in total. The third-order valence-corrected chi connectivity index (χ3v) is 3.48. The van der Waals surface area contributed by atoms with E-state index in [2.05, 4.69) is 4.74 Å². The fourth-order valence-electron chi connectivity index (χ4n) is 2.51. The third kappa shape index (κ3) is 2.65. The lowest BCUT2D eigenvalue weighted by Crippen LogP contribution is -2.18. The molecular formula is C16H10F3NO3. The van der Waals surface area contributed by atoms with Gasteiger partial charge in [0, 0.05) is 6.07 Å². The fraction of sp³-hybridized carbons (Fsp3) is 0.125. The maximum absolute atomic E-state index is 12.5. The summed E-state index contributed by atoms with van der Waals surface area (Å²) in [5.74, 6) is -0.865. The highest BCUT2D eigenvalue weighted by atomic mass is 19.4. The first-order valence-electron chi connectivity index (χ1n) is 6.62. The molecule has 7 heteroatoms. The molecule has 3 rings (SSSR count). The number of rotatable bonds is 2. The van der Waals surface area contributed by atoms with E-state index >= 15 is 0 Å². The Hall–Kier alpha value is -2.83. The zero-order chi connectivity index (χ0) is 16.8. The van der Waals surface area contributed by atoms with Crippen LogP contribution in [0.15, 0.2) is 42.5 Å². The van der Waals surface area contributed by atoms with Crippen LogP contribution in [-0.2, 0) is 0 Å². The van der Waals surface area contributed by atoms with Gasteiger partial charge < -0.3 is 9.94 Å². The van der Waals surface area contributed by atoms with Gasteiger partial charge in [0.25, 0.3) is 11.5 Å². The number of carbonyl (C=O) groups is 1. The minimum absolute atomic E-state index is 0.118. The van der Waals surface area contributed by atoms with E-state index in [-0.39, 0.29) is 17.0 Å². The van der Waals surface area contributed by atoms with Crippen LogP contribution < -0.4 is 4.74 Å². The van der Waals surface area contributed by atoms with Crippen molar-refractivity contribution in [3.8, 4) is 5.75 Å². The van der Waals surface area contributed by atoms with Gasteiger partial charge in [-0.15, -0.1) is 13.2 Å². The van der Waals surface area contributed by atoms with Gasteiger partial charge in [-0.05, 0) is 36.8 Å².